The van der Waals surface area contributed by atoms with Crippen molar-refractivity contribution in [3.63, 3.8) is 0 Å². The van der Waals surface area contributed by atoms with Gasteiger partial charge in [-0.15, -0.1) is 15.3 Å². The zero-order valence-corrected chi connectivity index (χ0v) is 22.2. The summed E-state index contributed by atoms with van der Waals surface area (Å²) in [6.07, 6.45) is 3.30. The Bertz CT molecular complexity index is 1650. The Morgan fingerprint density at radius 2 is 1.82 bits per heavy atom. The molecule has 5 rings (SSSR count). The molecular formula is C28H30N8O3. The maximum absolute atomic E-state index is 13.1. The van der Waals surface area contributed by atoms with Crippen molar-refractivity contribution in [1.29, 1.82) is 0 Å². The predicted octanol–water partition coefficient (Wildman–Crippen LogP) is 3.54. The second kappa shape index (κ2) is 11.4. The first-order chi connectivity index (χ1) is 19.0. The van der Waals surface area contributed by atoms with Gasteiger partial charge < -0.3 is 4.74 Å². The van der Waals surface area contributed by atoms with Crippen molar-refractivity contribution in [3.05, 3.63) is 81.7 Å². The first kappa shape index (κ1) is 26.0. The van der Waals surface area contributed by atoms with Crippen LogP contribution in [0, 0.1) is 6.92 Å². The fourth-order valence-corrected chi connectivity index (χ4v) is 4.71. The number of fused-ring (bicyclic) bond motifs is 1. The molecule has 0 bridgehead atoms. The maximum Gasteiger partial charge on any atom is 0.352 e. The Balaban J connectivity index is 1.53. The molecule has 2 aromatic carbocycles. The van der Waals surface area contributed by atoms with E-state index < -0.39 is 11.7 Å². The number of H-pyrrole nitrogens is 1. The number of rotatable bonds is 10. The molecule has 3 heterocycles. The molecule has 0 aliphatic heterocycles. The van der Waals surface area contributed by atoms with Crippen LogP contribution in [-0.4, -0.2) is 52.4 Å². The van der Waals surface area contributed by atoms with Gasteiger partial charge in [-0.3, -0.25) is 4.79 Å². The molecule has 0 radical (unpaired) electrons. The normalized spacial score (nSPS) is 11.3. The summed E-state index contributed by atoms with van der Waals surface area (Å²) in [4.78, 5) is 30.0. The average Bonchev–Trinajstić information content (AvgIpc) is 3.59. The van der Waals surface area contributed by atoms with Crippen molar-refractivity contribution in [2.75, 3.05) is 6.61 Å². The van der Waals surface area contributed by atoms with Crippen LogP contribution in [0.5, 0.6) is 0 Å². The Hall–Kier alpha value is -4.67. The molecule has 3 aromatic heterocycles. The number of hydrogen-bond acceptors (Lipinski definition) is 8. The summed E-state index contributed by atoms with van der Waals surface area (Å²) in [7, 11) is 0. The molecular weight excluding hydrogens is 496 g/mol. The van der Waals surface area contributed by atoms with E-state index in [0.717, 1.165) is 57.5 Å². The minimum atomic E-state index is -0.502. The number of nitrogens with one attached hydrogen (secondary N) is 1. The second-order valence-corrected chi connectivity index (χ2v) is 9.25. The molecule has 5 aromatic rings. The standard InChI is InChI=1S/C28H30N8O3/c1-4-6-11-24-23(27-32-35(17-25(37)39-5-2)28(38)36(27)18(3)29-24)16-19-12-14-20(15-13-19)21-9-7-8-10-22(21)26-30-33-34-31-26/h7-10,12-15H,4-6,11,16-17H2,1-3H3,(H,30,31,33,34). The number of tetrazole rings is 1. The predicted molar refractivity (Wildman–Crippen MR) is 145 cm³/mol. The zero-order chi connectivity index (χ0) is 27.4. The fourth-order valence-electron chi connectivity index (χ4n) is 4.71. The molecule has 0 spiro atoms. The summed E-state index contributed by atoms with van der Waals surface area (Å²) >= 11 is 0. The van der Waals surface area contributed by atoms with Crippen LogP contribution in [0.2, 0.25) is 0 Å². The topological polar surface area (TPSA) is 133 Å². The maximum atomic E-state index is 13.1. The Morgan fingerprint density at radius 3 is 2.51 bits per heavy atom. The first-order valence-corrected chi connectivity index (χ1v) is 13.1. The van der Waals surface area contributed by atoms with E-state index in [-0.39, 0.29) is 13.2 Å². The van der Waals surface area contributed by atoms with Gasteiger partial charge in [0.05, 0.1) is 6.61 Å². The van der Waals surface area contributed by atoms with E-state index in [1.165, 1.54) is 4.40 Å². The van der Waals surface area contributed by atoms with Crippen molar-refractivity contribution in [3.8, 4) is 22.5 Å². The molecule has 1 N–H and O–H groups in total. The molecule has 0 fully saturated rings. The summed E-state index contributed by atoms with van der Waals surface area (Å²) in [6.45, 7) is 5.65. The molecule has 11 nitrogen and oxygen atoms in total. The van der Waals surface area contributed by atoms with E-state index in [2.05, 4.69) is 56.9 Å². The molecule has 0 aliphatic carbocycles. The van der Waals surface area contributed by atoms with Crippen molar-refractivity contribution in [1.82, 2.24) is 39.8 Å². The molecule has 0 saturated carbocycles. The lowest BCUT2D eigenvalue weighted by molar-refractivity contribution is -0.144. The lowest BCUT2D eigenvalue weighted by atomic mass is 9.96. The molecule has 0 aliphatic rings. The number of aryl methyl sites for hydroxylation is 2. The largest absolute Gasteiger partial charge is 0.465 e. The highest BCUT2D eigenvalue weighted by molar-refractivity contribution is 5.80. The molecule has 200 valence electrons. The van der Waals surface area contributed by atoms with E-state index in [1.54, 1.807) is 13.8 Å². The van der Waals surface area contributed by atoms with Crippen LogP contribution in [0.3, 0.4) is 0 Å². The number of benzene rings is 2. The van der Waals surface area contributed by atoms with Gasteiger partial charge in [0.2, 0.25) is 5.82 Å². The van der Waals surface area contributed by atoms with Gasteiger partial charge in [-0.2, -0.15) is 5.21 Å². The van der Waals surface area contributed by atoms with Crippen LogP contribution in [0.25, 0.3) is 28.2 Å². The van der Waals surface area contributed by atoms with E-state index in [1.807, 2.05) is 24.3 Å². The summed E-state index contributed by atoms with van der Waals surface area (Å²) in [5, 5.41) is 19.0. The number of carbonyl (C=O) groups excluding carboxylic acids is 1. The Labute approximate surface area is 224 Å². The third-order valence-electron chi connectivity index (χ3n) is 6.59. The minimum absolute atomic E-state index is 0.240. The van der Waals surface area contributed by atoms with Crippen molar-refractivity contribution in [2.45, 2.75) is 53.0 Å². The van der Waals surface area contributed by atoms with Crippen LogP contribution in [0.1, 0.15) is 49.3 Å². The number of ether oxygens (including phenoxy) is 1. The van der Waals surface area contributed by atoms with Gasteiger partial charge in [0.15, 0.2) is 5.65 Å². The Morgan fingerprint density at radius 1 is 1.05 bits per heavy atom. The van der Waals surface area contributed by atoms with Gasteiger partial charge in [0.1, 0.15) is 12.4 Å². The van der Waals surface area contributed by atoms with Gasteiger partial charge in [0.25, 0.3) is 0 Å². The van der Waals surface area contributed by atoms with Gasteiger partial charge in [0, 0.05) is 23.2 Å². The smallest absolute Gasteiger partial charge is 0.352 e. The SMILES string of the molecule is CCCCc1nc(C)n2c(=O)n(CC(=O)OCC)nc2c1Cc1ccc(-c2ccccc2-c2nn[nH]n2)cc1. The number of aromatic nitrogens is 8. The van der Waals surface area contributed by atoms with Gasteiger partial charge >= 0.3 is 11.7 Å². The summed E-state index contributed by atoms with van der Waals surface area (Å²) in [5.74, 6) is 0.582. The second-order valence-electron chi connectivity index (χ2n) is 9.25. The number of carbonyl (C=O) groups is 1. The van der Waals surface area contributed by atoms with Crippen molar-refractivity contribution in [2.24, 2.45) is 0 Å². The van der Waals surface area contributed by atoms with E-state index in [4.69, 9.17) is 9.72 Å². The molecule has 39 heavy (non-hydrogen) atoms. The Kier molecular flexibility index (Phi) is 7.57. The highest BCUT2D eigenvalue weighted by Crippen LogP contribution is 2.30. The quantitative estimate of drug-likeness (QED) is 0.273. The number of esters is 1. The van der Waals surface area contributed by atoms with E-state index >= 15 is 0 Å². The number of nitrogens with zero attached hydrogens (tertiary/aromatic N) is 7. The molecule has 0 atom stereocenters. The van der Waals surface area contributed by atoms with Crippen LogP contribution in [0.4, 0.5) is 0 Å². The highest BCUT2D eigenvalue weighted by Gasteiger charge is 2.20. The molecule has 0 unspecified atom stereocenters. The van der Waals surface area contributed by atoms with Crippen LogP contribution in [-0.2, 0) is 28.9 Å². The summed E-state index contributed by atoms with van der Waals surface area (Å²) in [6, 6.07) is 16.2. The van der Waals surface area contributed by atoms with Crippen LogP contribution < -0.4 is 5.69 Å². The number of hydrogen-bond donors (Lipinski definition) is 1. The average molecular weight is 527 g/mol. The number of unbranched alkanes of at least 4 members (excludes halogenated alkanes) is 1. The van der Waals surface area contributed by atoms with Gasteiger partial charge in [-0.1, -0.05) is 61.9 Å². The van der Waals surface area contributed by atoms with Crippen LogP contribution in [0.15, 0.2) is 53.3 Å². The third kappa shape index (κ3) is 5.33. The number of aromatic amines is 1. The van der Waals surface area contributed by atoms with Gasteiger partial charge in [-0.25, -0.2) is 18.9 Å². The minimum Gasteiger partial charge on any atom is -0.465 e. The first-order valence-electron chi connectivity index (χ1n) is 13.1. The summed E-state index contributed by atoms with van der Waals surface area (Å²) < 4.78 is 7.68. The van der Waals surface area contributed by atoms with Crippen molar-refractivity contribution >= 4 is 11.6 Å². The van der Waals surface area contributed by atoms with Crippen molar-refractivity contribution < 1.29 is 9.53 Å². The fraction of sp³-hybridized carbons (Fsp3) is 0.321. The van der Waals surface area contributed by atoms with E-state index in [9.17, 15) is 9.59 Å². The van der Waals surface area contributed by atoms with E-state index in [0.29, 0.717) is 23.7 Å². The zero-order valence-electron chi connectivity index (χ0n) is 22.2. The molecule has 11 heteroatoms. The lowest BCUT2D eigenvalue weighted by Crippen LogP contribution is -2.27. The molecule has 0 saturated heterocycles. The molecule has 0 amide bonds. The summed E-state index contributed by atoms with van der Waals surface area (Å²) in [5.41, 5.74) is 5.88. The van der Waals surface area contributed by atoms with Gasteiger partial charge in [-0.05, 0) is 48.6 Å². The third-order valence-corrected chi connectivity index (χ3v) is 6.59. The highest BCUT2D eigenvalue weighted by atomic mass is 16.5. The van der Waals surface area contributed by atoms with Crippen LogP contribution >= 0.6 is 0 Å². The lowest BCUT2D eigenvalue weighted by Gasteiger charge is -2.12. The monoisotopic (exact) mass is 526 g/mol.